The van der Waals surface area contributed by atoms with Gasteiger partial charge in [-0.05, 0) is 119 Å². The first-order valence-electron chi connectivity index (χ1n) is 35.0. The molecule has 0 saturated heterocycles. The highest BCUT2D eigenvalue weighted by atomic mass is 16.4. The molecule has 2 rings (SSSR count). The number of primary amides is 1. The third-order valence-corrected chi connectivity index (χ3v) is 16.5. The van der Waals surface area contributed by atoms with Crippen LogP contribution in [0.1, 0.15) is 129 Å². The number of carboxylic acid groups (broad SMARTS) is 1. The summed E-state index contributed by atoms with van der Waals surface area (Å²) in [5.74, 6) is -14.1. The number of carbonyl (C=O) groups excluding carboxylic acids is 12. The molecule has 2 aromatic rings. The number of guanidine groups is 3. The van der Waals surface area contributed by atoms with Crippen molar-refractivity contribution in [2.24, 2.45) is 46.2 Å². The van der Waals surface area contributed by atoms with Crippen molar-refractivity contribution >= 4 is 94.7 Å². The maximum Gasteiger partial charge on any atom is 0.326 e. The van der Waals surface area contributed by atoms with E-state index in [1.54, 1.807) is 44.2 Å². The van der Waals surface area contributed by atoms with Gasteiger partial charge in [-0.1, -0.05) is 76.6 Å². The van der Waals surface area contributed by atoms with Crippen LogP contribution in [0.2, 0.25) is 0 Å². The van der Waals surface area contributed by atoms with Crippen molar-refractivity contribution in [3.8, 4) is 5.75 Å². The van der Waals surface area contributed by atoms with E-state index in [4.69, 9.17) is 50.6 Å². The van der Waals surface area contributed by atoms with Crippen LogP contribution in [0.25, 0.3) is 0 Å². The maximum absolute atomic E-state index is 14.4. The Balaban J connectivity index is 2.42. The minimum atomic E-state index is -1.83. The summed E-state index contributed by atoms with van der Waals surface area (Å²) in [6.07, 6.45) is -0.250. The van der Waals surface area contributed by atoms with E-state index >= 15 is 0 Å². The van der Waals surface area contributed by atoms with Crippen molar-refractivity contribution < 1.29 is 77.6 Å². The lowest BCUT2D eigenvalue weighted by Gasteiger charge is -2.28. The number of aliphatic hydroxyl groups is 1. The number of aliphatic carboxylic acids is 1. The van der Waals surface area contributed by atoms with E-state index in [1.165, 1.54) is 31.2 Å². The molecule has 2 aromatic carbocycles. The average molecular weight is 1490 g/mol. The first-order chi connectivity index (χ1) is 50.1. The molecule has 32 N–H and O–H groups in total. The highest BCUT2D eigenvalue weighted by Gasteiger charge is 2.36. The van der Waals surface area contributed by atoms with Crippen LogP contribution < -0.4 is 109 Å². The lowest BCUT2D eigenvalue weighted by Crippen LogP contribution is -2.60. The average Bonchev–Trinajstić information content (AvgIpc) is 0.857. The number of aromatic hydroxyl groups is 1. The quantitative estimate of drug-likeness (QED) is 0.0166. The SMILES string of the molecule is CC[C@H](C)[C@H](NC(=O)[C@@H](N)CC(C)C)C(=O)N[C@@H](Cc1ccc(O)cc1)C(=O)N[C@@H](C)C(=O)N[C@@H](CCC(N)=O)C(=O)NCC(=O)N[C@@H](Cc1ccccc1)C(=O)N[C@@H](CO)C(=O)N[C@@H](CCCCN)C(=O)N[C@@H](CCCNC(=N)N)C(=O)N[C@@H](CCCNC(=N)N)C(=O)N[C@@H](CCCNC(=N)N)C(=O)O. The molecule has 0 saturated carbocycles. The van der Waals surface area contributed by atoms with Crippen molar-refractivity contribution in [3.05, 3.63) is 65.7 Å². The van der Waals surface area contributed by atoms with E-state index in [2.05, 4.69) is 74.4 Å². The lowest BCUT2D eigenvalue weighted by atomic mass is 9.96. The van der Waals surface area contributed by atoms with Gasteiger partial charge in [0, 0.05) is 38.9 Å². The molecule has 0 heterocycles. The second-order valence-electron chi connectivity index (χ2n) is 25.9. The molecular formula is C67H111N23O16. The second kappa shape index (κ2) is 48.9. The summed E-state index contributed by atoms with van der Waals surface area (Å²) >= 11 is 0. The number of carboxylic acids is 1. The van der Waals surface area contributed by atoms with Crippen LogP contribution in [0.3, 0.4) is 0 Å². The number of rotatable bonds is 51. The fourth-order valence-electron chi connectivity index (χ4n) is 10.4. The highest BCUT2D eigenvalue weighted by Crippen LogP contribution is 2.16. The highest BCUT2D eigenvalue weighted by molar-refractivity contribution is 5.99. The van der Waals surface area contributed by atoms with Crippen LogP contribution in [0, 0.1) is 28.1 Å². The van der Waals surface area contributed by atoms with E-state index in [9.17, 15) is 77.6 Å². The van der Waals surface area contributed by atoms with E-state index in [1.807, 2.05) is 13.8 Å². The Morgan fingerprint density at radius 2 is 0.868 bits per heavy atom. The topological polar surface area (TPSA) is 679 Å². The van der Waals surface area contributed by atoms with Crippen LogP contribution in [-0.4, -0.2) is 216 Å². The molecule has 0 unspecified atom stereocenters. The Morgan fingerprint density at radius 1 is 0.453 bits per heavy atom. The summed E-state index contributed by atoms with van der Waals surface area (Å²) < 4.78 is 0. The number of benzene rings is 2. The number of phenolic OH excluding ortho intramolecular Hbond substituents is 1. The van der Waals surface area contributed by atoms with Crippen LogP contribution in [0.15, 0.2) is 54.6 Å². The number of unbranched alkanes of at least 4 members (excludes halogenated alkanes) is 1. The maximum atomic E-state index is 14.4. The van der Waals surface area contributed by atoms with Gasteiger partial charge < -0.3 is 124 Å². The van der Waals surface area contributed by atoms with Crippen molar-refractivity contribution in [3.63, 3.8) is 0 Å². The summed E-state index contributed by atoms with van der Waals surface area (Å²) in [7, 11) is 0. The van der Waals surface area contributed by atoms with Crippen molar-refractivity contribution in [2.75, 3.05) is 39.3 Å². The largest absolute Gasteiger partial charge is 0.508 e. The van der Waals surface area contributed by atoms with Gasteiger partial charge in [0.05, 0.1) is 19.2 Å². The molecule has 0 fully saturated rings. The summed E-state index contributed by atoms with van der Waals surface area (Å²) in [5, 5.41) is 88.3. The number of nitrogens with two attached hydrogens (primary N) is 6. The Kier molecular flexibility index (Phi) is 42.0. The van der Waals surface area contributed by atoms with E-state index in [-0.39, 0.29) is 108 Å². The van der Waals surface area contributed by atoms with Crippen LogP contribution in [-0.2, 0) is 75.2 Å². The number of amides is 12. The molecule has 0 aromatic heterocycles. The fraction of sp³-hybridized carbons (Fsp3) is 0.582. The molecule has 39 heteroatoms. The second-order valence-corrected chi connectivity index (χ2v) is 25.9. The van der Waals surface area contributed by atoms with Gasteiger partial charge in [-0.3, -0.25) is 73.8 Å². The van der Waals surface area contributed by atoms with Crippen LogP contribution in [0.5, 0.6) is 5.75 Å². The first kappa shape index (κ1) is 91.1. The van der Waals surface area contributed by atoms with E-state index in [0.29, 0.717) is 30.4 Å². The van der Waals surface area contributed by atoms with Crippen molar-refractivity contribution in [2.45, 2.75) is 197 Å². The molecular weight excluding hydrogens is 1380 g/mol. The Bertz CT molecular complexity index is 3260. The predicted octanol–water partition coefficient (Wildman–Crippen LogP) is -6.16. The number of hydrogen-bond acceptors (Lipinski definition) is 20. The summed E-state index contributed by atoms with van der Waals surface area (Å²) in [6, 6.07) is -1.92. The van der Waals surface area contributed by atoms with E-state index in [0.717, 1.165) is 0 Å². The van der Waals surface area contributed by atoms with Gasteiger partial charge in [-0.25, -0.2) is 4.79 Å². The normalized spacial score (nSPS) is 14.3. The van der Waals surface area contributed by atoms with Gasteiger partial charge in [-0.15, -0.1) is 0 Å². The standard InChI is InChI=1S/C67H111N23O16/c1-6-37(4)53(90-55(96)42(69)31-36(2)3)63(104)88-49(33-40-21-23-41(92)24-22-40)60(101)81-38(5)54(95)83-46(25-26-51(70)93)56(97)80-34-52(94)82-48(32-39-15-8-7-9-16-39)61(102)89-50(35-91)62(103)86-43(17-10-11-27-68)57(98)84-44(18-12-28-77-65(71)72)58(99)85-45(19-13-29-78-66(73)74)59(100)87-47(64(105)106)20-14-30-79-67(75)76/h7-9,15-16,21-24,36-38,42-50,53,91-92H,6,10-14,17-20,25-35,68-69H2,1-5H3,(H2,70,93)(H,80,97)(H,81,101)(H,82,94)(H,83,95)(H,84,98)(H,85,99)(H,86,103)(H,87,100)(H,88,104)(H,89,102)(H,90,96)(H,105,106)(H4,71,72,77)(H4,73,74,78)(H4,75,76,79)/t37-,38-,42-,43-,44-,45-,46-,47-,48-,49-,50-,53-/m0/s1. The molecule has 0 spiro atoms. The zero-order valence-corrected chi connectivity index (χ0v) is 60.7. The Hall–Kier alpha value is -11.0. The van der Waals surface area contributed by atoms with Crippen LogP contribution in [0.4, 0.5) is 0 Å². The zero-order valence-electron chi connectivity index (χ0n) is 60.7. The van der Waals surface area contributed by atoms with Crippen molar-refractivity contribution in [1.82, 2.24) is 74.4 Å². The number of carbonyl (C=O) groups is 13. The number of phenols is 1. The molecule has 39 nitrogen and oxygen atoms in total. The molecule has 0 aliphatic rings. The molecule has 12 atom stereocenters. The fourth-order valence-corrected chi connectivity index (χ4v) is 10.4. The minimum Gasteiger partial charge on any atom is -0.508 e. The van der Waals surface area contributed by atoms with Gasteiger partial charge >= 0.3 is 5.97 Å². The third-order valence-electron chi connectivity index (χ3n) is 16.5. The minimum absolute atomic E-state index is 0.0190. The lowest BCUT2D eigenvalue weighted by molar-refractivity contribution is -0.142. The summed E-state index contributed by atoms with van der Waals surface area (Å²) in [6.45, 7) is 6.91. The molecule has 0 radical (unpaired) electrons. The molecule has 0 aliphatic carbocycles. The van der Waals surface area contributed by atoms with Crippen LogP contribution >= 0.6 is 0 Å². The summed E-state index contributed by atoms with van der Waals surface area (Å²) in [4.78, 5) is 178. The van der Waals surface area contributed by atoms with Gasteiger partial charge in [0.15, 0.2) is 17.9 Å². The number of hydrogen-bond donors (Lipinski definition) is 26. The third kappa shape index (κ3) is 36.5. The van der Waals surface area contributed by atoms with E-state index < -0.39 is 187 Å². The van der Waals surface area contributed by atoms with Gasteiger partial charge in [-0.2, -0.15) is 0 Å². The Morgan fingerprint density at radius 3 is 1.33 bits per heavy atom. The molecule has 12 amide bonds. The monoisotopic (exact) mass is 1490 g/mol. The predicted molar refractivity (Wildman–Crippen MR) is 390 cm³/mol. The smallest absolute Gasteiger partial charge is 0.326 e. The first-order valence-corrected chi connectivity index (χ1v) is 35.0. The van der Waals surface area contributed by atoms with Gasteiger partial charge in [0.25, 0.3) is 0 Å². The number of aliphatic hydroxyl groups excluding tert-OH is 1. The molecule has 590 valence electrons. The van der Waals surface area contributed by atoms with Crippen molar-refractivity contribution in [1.29, 1.82) is 16.2 Å². The molecule has 106 heavy (non-hydrogen) atoms. The molecule has 0 bridgehead atoms. The Labute approximate surface area is 615 Å². The zero-order chi connectivity index (χ0) is 79.6. The van der Waals surface area contributed by atoms with Gasteiger partial charge in [0.2, 0.25) is 70.9 Å². The number of nitrogens with one attached hydrogen (secondary N) is 17. The van der Waals surface area contributed by atoms with Gasteiger partial charge in [0.1, 0.15) is 66.2 Å². The molecule has 0 aliphatic heterocycles. The summed E-state index contributed by atoms with van der Waals surface area (Å²) in [5.41, 5.74) is 34.5.